The van der Waals surface area contributed by atoms with Crippen molar-refractivity contribution in [2.24, 2.45) is 0 Å². The van der Waals surface area contributed by atoms with Gasteiger partial charge in [-0.3, -0.25) is 4.79 Å². The average molecular weight is 302 g/mol. The molecule has 0 bridgehead atoms. The molecule has 3 rings (SSSR count). The Morgan fingerprint density at radius 3 is 2.86 bits per heavy atom. The van der Waals surface area contributed by atoms with Crippen LogP contribution in [-0.2, 0) is 9.53 Å². The first-order chi connectivity index (χ1) is 10.6. The molecule has 1 unspecified atom stereocenters. The summed E-state index contributed by atoms with van der Waals surface area (Å²) >= 11 is 0. The Morgan fingerprint density at radius 1 is 1.41 bits per heavy atom. The second-order valence-electron chi connectivity index (χ2n) is 5.69. The standard InChI is InChI=1S/C17H22N2O3/c1-11-17(18-12(2)20)16-13(7-6-8-14(16)21-3)19(11)15-9-4-5-10-22-15/h6-8,15H,4-5,9-10H2,1-3H3,(H,18,20). The van der Waals surface area contributed by atoms with Crippen LogP contribution in [-0.4, -0.2) is 24.2 Å². The number of methoxy groups -OCH3 is 1. The van der Waals surface area contributed by atoms with Gasteiger partial charge in [-0.1, -0.05) is 6.07 Å². The van der Waals surface area contributed by atoms with Crippen LogP contribution in [0.2, 0.25) is 0 Å². The van der Waals surface area contributed by atoms with E-state index < -0.39 is 0 Å². The van der Waals surface area contributed by atoms with Gasteiger partial charge in [-0.2, -0.15) is 0 Å². The summed E-state index contributed by atoms with van der Waals surface area (Å²) in [5.41, 5.74) is 2.85. The minimum absolute atomic E-state index is 0.0193. The predicted octanol–water partition coefficient (Wildman–Crippen LogP) is 3.62. The highest BCUT2D eigenvalue weighted by molar-refractivity contribution is 6.05. The second-order valence-corrected chi connectivity index (χ2v) is 5.69. The van der Waals surface area contributed by atoms with Crippen molar-refractivity contribution in [1.29, 1.82) is 0 Å². The molecule has 0 spiro atoms. The maximum absolute atomic E-state index is 11.6. The highest BCUT2D eigenvalue weighted by Crippen LogP contribution is 2.40. The molecule has 1 aliphatic heterocycles. The molecule has 1 aromatic heterocycles. The van der Waals surface area contributed by atoms with E-state index in [1.54, 1.807) is 7.11 Å². The van der Waals surface area contributed by atoms with E-state index in [0.717, 1.165) is 53.9 Å². The Balaban J connectivity index is 2.23. The Labute approximate surface area is 130 Å². The first kappa shape index (κ1) is 14.9. The number of hydrogen-bond donors (Lipinski definition) is 1. The van der Waals surface area contributed by atoms with Crippen LogP contribution in [0.4, 0.5) is 5.69 Å². The predicted molar refractivity (Wildman–Crippen MR) is 86.4 cm³/mol. The number of nitrogens with one attached hydrogen (secondary N) is 1. The number of carbonyl (C=O) groups is 1. The van der Waals surface area contributed by atoms with E-state index in [1.165, 1.54) is 6.92 Å². The van der Waals surface area contributed by atoms with Crippen molar-refractivity contribution in [2.75, 3.05) is 19.0 Å². The number of rotatable bonds is 3. The highest BCUT2D eigenvalue weighted by Gasteiger charge is 2.24. The number of aromatic nitrogens is 1. The van der Waals surface area contributed by atoms with Gasteiger partial charge in [0.25, 0.3) is 0 Å². The van der Waals surface area contributed by atoms with E-state index in [0.29, 0.717) is 0 Å². The fourth-order valence-electron chi connectivity index (χ4n) is 3.25. The van der Waals surface area contributed by atoms with Crippen molar-refractivity contribution in [3.8, 4) is 5.75 Å². The summed E-state index contributed by atoms with van der Waals surface area (Å²) in [4.78, 5) is 11.6. The van der Waals surface area contributed by atoms with Crippen LogP contribution in [0.5, 0.6) is 5.75 Å². The van der Waals surface area contributed by atoms with Crippen LogP contribution in [0, 0.1) is 6.92 Å². The number of ether oxygens (including phenoxy) is 2. The van der Waals surface area contributed by atoms with Crippen molar-refractivity contribution in [3.63, 3.8) is 0 Å². The summed E-state index contributed by atoms with van der Waals surface area (Å²) in [6.45, 7) is 4.32. The molecule has 5 nitrogen and oxygen atoms in total. The summed E-state index contributed by atoms with van der Waals surface area (Å²) in [7, 11) is 1.65. The molecule has 1 amide bonds. The zero-order chi connectivity index (χ0) is 15.7. The number of fused-ring (bicyclic) bond motifs is 1. The number of nitrogens with zero attached hydrogens (tertiary/aromatic N) is 1. The van der Waals surface area contributed by atoms with Crippen molar-refractivity contribution in [1.82, 2.24) is 4.57 Å². The van der Waals surface area contributed by atoms with E-state index in [1.807, 2.05) is 25.1 Å². The molecule has 22 heavy (non-hydrogen) atoms. The molecular weight excluding hydrogens is 280 g/mol. The summed E-state index contributed by atoms with van der Waals surface area (Å²) in [5, 5.41) is 3.89. The summed E-state index contributed by atoms with van der Waals surface area (Å²) < 4.78 is 13.6. The van der Waals surface area contributed by atoms with Crippen LogP contribution < -0.4 is 10.1 Å². The Morgan fingerprint density at radius 2 is 2.23 bits per heavy atom. The van der Waals surface area contributed by atoms with Gasteiger partial charge in [-0.15, -0.1) is 0 Å². The molecule has 1 atom stereocenters. The molecule has 1 fully saturated rings. The normalized spacial score (nSPS) is 18.4. The Bertz CT molecular complexity index is 699. The second kappa shape index (κ2) is 6.01. The SMILES string of the molecule is COc1cccc2c1c(NC(C)=O)c(C)n2C1CCCCO1. The molecular formula is C17H22N2O3. The van der Waals surface area contributed by atoms with Gasteiger partial charge in [0.05, 0.1) is 23.7 Å². The lowest BCUT2D eigenvalue weighted by Crippen LogP contribution is -2.19. The molecule has 2 heterocycles. The van der Waals surface area contributed by atoms with Gasteiger partial charge in [0.15, 0.2) is 0 Å². The van der Waals surface area contributed by atoms with Gasteiger partial charge in [0.2, 0.25) is 5.91 Å². The first-order valence-electron chi connectivity index (χ1n) is 7.70. The summed E-state index contributed by atoms with van der Waals surface area (Å²) in [6, 6.07) is 5.94. The minimum Gasteiger partial charge on any atom is -0.496 e. The molecule has 1 aromatic carbocycles. The van der Waals surface area contributed by atoms with Gasteiger partial charge in [0, 0.05) is 19.2 Å². The molecule has 1 aliphatic rings. The fraction of sp³-hybridized carbons (Fsp3) is 0.471. The number of benzene rings is 1. The summed E-state index contributed by atoms with van der Waals surface area (Å²) in [5.74, 6) is 0.677. The average Bonchev–Trinajstić information content (AvgIpc) is 2.80. The van der Waals surface area contributed by atoms with E-state index in [2.05, 4.69) is 9.88 Å². The summed E-state index contributed by atoms with van der Waals surface area (Å²) in [6.07, 6.45) is 3.27. The highest BCUT2D eigenvalue weighted by atomic mass is 16.5. The third kappa shape index (κ3) is 2.46. The molecule has 118 valence electrons. The fourth-order valence-corrected chi connectivity index (χ4v) is 3.25. The van der Waals surface area contributed by atoms with Gasteiger partial charge >= 0.3 is 0 Å². The molecule has 0 radical (unpaired) electrons. The van der Waals surface area contributed by atoms with Gasteiger partial charge in [-0.25, -0.2) is 0 Å². The van der Waals surface area contributed by atoms with Crippen molar-refractivity contribution in [3.05, 3.63) is 23.9 Å². The van der Waals surface area contributed by atoms with Crippen LogP contribution >= 0.6 is 0 Å². The number of hydrogen-bond acceptors (Lipinski definition) is 3. The lowest BCUT2D eigenvalue weighted by molar-refractivity contribution is -0.114. The number of anilines is 1. The molecule has 1 saturated heterocycles. The van der Waals surface area contributed by atoms with Crippen LogP contribution in [0.15, 0.2) is 18.2 Å². The quantitative estimate of drug-likeness (QED) is 0.942. The number of amides is 1. The zero-order valence-electron chi connectivity index (χ0n) is 13.3. The largest absolute Gasteiger partial charge is 0.496 e. The monoisotopic (exact) mass is 302 g/mol. The molecule has 2 aromatic rings. The van der Waals surface area contributed by atoms with Gasteiger partial charge in [-0.05, 0) is 38.3 Å². The number of carbonyl (C=O) groups excluding carboxylic acids is 1. The third-order valence-corrected chi connectivity index (χ3v) is 4.20. The first-order valence-corrected chi connectivity index (χ1v) is 7.70. The van der Waals surface area contributed by atoms with E-state index in [-0.39, 0.29) is 12.1 Å². The zero-order valence-corrected chi connectivity index (χ0v) is 13.3. The lowest BCUT2D eigenvalue weighted by Gasteiger charge is -2.26. The van der Waals surface area contributed by atoms with E-state index in [4.69, 9.17) is 9.47 Å². The topological polar surface area (TPSA) is 52.5 Å². The van der Waals surface area contributed by atoms with Gasteiger partial charge in [0.1, 0.15) is 12.0 Å². The van der Waals surface area contributed by atoms with Crippen LogP contribution in [0.3, 0.4) is 0 Å². The molecule has 1 N–H and O–H groups in total. The van der Waals surface area contributed by atoms with Crippen molar-refractivity contribution >= 4 is 22.5 Å². The van der Waals surface area contributed by atoms with Crippen molar-refractivity contribution in [2.45, 2.75) is 39.3 Å². The molecule has 5 heteroatoms. The molecule has 0 saturated carbocycles. The Kier molecular flexibility index (Phi) is 4.07. The smallest absolute Gasteiger partial charge is 0.221 e. The van der Waals surface area contributed by atoms with Crippen LogP contribution in [0.25, 0.3) is 10.9 Å². The van der Waals surface area contributed by atoms with Crippen LogP contribution in [0.1, 0.15) is 38.1 Å². The third-order valence-electron chi connectivity index (χ3n) is 4.20. The van der Waals surface area contributed by atoms with Gasteiger partial charge < -0.3 is 19.4 Å². The maximum Gasteiger partial charge on any atom is 0.221 e. The minimum atomic E-state index is -0.0855. The van der Waals surface area contributed by atoms with Crippen molar-refractivity contribution < 1.29 is 14.3 Å². The maximum atomic E-state index is 11.6. The Hall–Kier alpha value is -2.01. The van der Waals surface area contributed by atoms with E-state index in [9.17, 15) is 4.79 Å². The lowest BCUT2D eigenvalue weighted by atomic mass is 10.2. The molecule has 0 aliphatic carbocycles. The van der Waals surface area contributed by atoms with E-state index >= 15 is 0 Å².